The van der Waals surface area contributed by atoms with Crippen LogP contribution in [-0.4, -0.2) is 24.5 Å². The zero-order valence-corrected chi connectivity index (χ0v) is 29.4. The van der Waals surface area contributed by atoms with E-state index in [0.717, 1.165) is 71.4 Å². The number of rotatable bonds is 2. The largest absolute Gasteiger partial charge is 0.278 e. The summed E-state index contributed by atoms with van der Waals surface area (Å²) in [4.78, 5) is 21.6. The van der Waals surface area contributed by atoms with Crippen LogP contribution < -0.4 is 0 Å². The standard InChI is InChI=1S/C48H25N5S/c1-3-14-28-26(11-1)13-9-17-30(28)45-47-46(31-16-5-8-22-39(31)54-47)52-48(51-45)53-37-24-23-27-12-2-4-15-29(27)41(37)42-32-18-10-19-33-40(32)34(25-38(42)53)44-43(33)49-35-20-6-7-21-36(35)50-44/h1-25H. The molecule has 0 fully saturated rings. The van der Waals surface area contributed by atoms with E-state index in [1.807, 2.05) is 24.3 Å². The summed E-state index contributed by atoms with van der Waals surface area (Å²) in [7, 11) is 0. The molecular formula is C48H25N5S. The van der Waals surface area contributed by atoms with Crippen molar-refractivity contribution < 1.29 is 0 Å². The van der Waals surface area contributed by atoms with Gasteiger partial charge in [-0.2, -0.15) is 0 Å². The van der Waals surface area contributed by atoms with Crippen molar-refractivity contribution in [1.82, 2.24) is 24.5 Å². The van der Waals surface area contributed by atoms with Gasteiger partial charge in [0.05, 0.1) is 49.4 Å². The Morgan fingerprint density at radius 2 is 1.04 bits per heavy atom. The zero-order chi connectivity index (χ0) is 35.1. The molecule has 5 nitrogen and oxygen atoms in total. The average molecular weight is 704 g/mol. The van der Waals surface area contributed by atoms with E-state index in [1.165, 1.54) is 47.8 Å². The Morgan fingerprint density at radius 3 is 1.89 bits per heavy atom. The van der Waals surface area contributed by atoms with Crippen LogP contribution >= 0.6 is 11.3 Å². The lowest BCUT2D eigenvalue weighted by Crippen LogP contribution is -2.03. The number of para-hydroxylation sites is 2. The van der Waals surface area contributed by atoms with Gasteiger partial charge in [-0.25, -0.2) is 19.9 Å². The second-order valence-corrected chi connectivity index (χ2v) is 15.2. The lowest BCUT2D eigenvalue weighted by atomic mass is 9.97. The van der Waals surface area contributed by atoms with E-state index >= 15 is 0 Å². The summed E-state index contributed by atoms with van der Waals surface area (Å²) in [6.07, 6.45) is 0. The van der Waals surface area contributed by atoms with Gasteiger partial charge in [0.15, 0.2) is 0 Å². The number of benzene rings is 8. The first kappa shape index (κ1) is 28.6. The fourth-order valence-corrected chi connectivity index (χ4v) is 10.2. The maximum absolute atomic E-state index is 5.61. The van der Waals surface area contributed by atoms with E-state index in [1.54, 1.807) is 11.3 Å². The van der Waals surface area contributed by atoms with Crippen LogP contribution in [0.25, 0.3) is 125 Å². The lowest BCUT2D eigenvalue weighted by Gasteiger charge is -2.12. The van der Waals surface area contributed by atoms with Crippen LogP contribution in [0, 0.1) is 0 Å². The molecule has 0 spiro atoms. The fourth-order valence-electron chi connectivity index (χ4n) is 9.02. The molecule has 0 radical (unpaired) electrons. The number of hydrogen-bond acceptors (Lipinski definition) is 5. The van der Waals surface area contributed by atoms with E-state index in [2.05, 4.69) is 132 Å². The lowest BCUT2D eigenvalue weighted by molar-refractivity contribution is 1.02. The fraction of sp³-hybridized carbons (Fsp3) is 0. The molecule has 54 heavy (non-hydrogen) atoms. The highest BCUT2D eigenvalue weighted by Gasteiger charge is 2.29. The van der Waals surface area contributed by atoms with Crippen molar-refractivity contribution in [2.75, 3.05) is 0 Å². The Hall–Kier alpha value is -7.02. The van der Waals surface area contributed by atoms with E-state index in [4.69, 9.17) is 19.9 Å². The van der Waals surface area contributed by atoms with E-state index in [9.17, 15) is 0 Å². The van der Waals surface area contributed by atoms with Crippen molar-refractivity contribution in [1.29, 1.82) is 0 Å². The molecule has 4 aromatic heterocycles. The first-order valence-electron chi connectivity index (χ1n) is 18.2. The van der Waals surface area contributed by atoms with Crippen LogP contribution in [-0.2, 0) is 0 Å². The van der Waals surface area contributed by atoms with Crippen LogP contribution in [0.5, 0.6) is 0 Å². The minimum atomic E-state index is 0.648. The summed E-state index contributed by atoms with van der Waals surface area (Å²) in [6.45, 7) is 0. The molecule has 13 rings (SSSR count). The molecule has 4 heterocycles. The highest BCUT2D eigenvalue weighted by atomic mass is 32.1. The van der Waals surface area contributed by atoms with Gasteiger partial charge in [0, 0.05) is 42.9 Å². The van der Waals surface area contributed by atoms with Crippen molar-refractivity contribution >= 4 is 96.8 Å². The van der Waals surface area contributed by atoms with E-state index in [0.29, 0.717) is 5.95 Å². The Kier molecular flexibility index (Phi) is 5.45. The van der Waals surface area contributed by atoms with Crippen molar-refractivity contribution in [3.05, 3.63) is 152 Å². The zero-order valence-electron chi connectivity index (χ0n) is 28.6. The molecule has 6 heteroatoms. The predicted molar refractivity (Wildman–Crippen MR) is 225 cm³/mol. The normalized spacial score (nSPS) is 12.4. The summed E-state index contributed by atoms with van der Waals surface area (Å²) >= 11 is 1.77. The van der Waals surface area contributed by atoms with E-state index in [-0.39, 0.29) is 0 Å². The van der Waals surface area contributed by atoms with Gasteiger partial charge in [0.2, 0.25) is 5.95 Å². The quantitative estimate of drug-likeness (QED) is 0.180. The molecule has 12 aromatic rings. The maximum atomic E-state index is 5.61. The van der Waals surface area contributed by atoms with Gasteiger partial charge in [-0.1, -0.05) is 121 Å². The molecule has 0 saturated carbocycles. The molecule has 0 amide bonds. The summed E-state index contributed by atoms with van der Waals surface area (Å²) < 4.78 is 4.59. The van der Waals surface area contributed by atoms with Gasteiger partial charge in [-0.3, -0.25) is 4.57 Å². The molecule has 0 saturated heterocycles. The van der Waals surface area contributed by atoms with Gasteiger partial charge in [0.25, 0.3) is 0 Å². The number of aromatic nitrogens is 5. The number of nitrogens with zero attached hydrogens (tertiary/aromatic N) is 5. The third-order valence-corrected chi connectivity index (χ3v) is 12.5. The molecule has 0 N–H and O–H groups in total. The molecule has 1 aliphatic rings. The molecule has 0 atom stereocenters. The highest BCUT2D eigenvalue weighted by Crippen LogP contribution is 2.51. The Morgan fingerprint density at radius 1 is 0.407 bits per heavy atom. The van der Waals surface area contributed by atoms with Gasteiger partial charge in [-0.15, -0.1) is 11.3 Å². The van der Waals surface area contributed by atoms with Crippen molar-refractivity contribution in [3.63, 3.8) is 0 Å². The molecule has 248 valence electrons. The van der Waals surface area contributed by atoms with Crippen LogP contribution in [0.4, 0.5) is 0 Å². The second-order valence-electron chi connectivity index (χ2n) is 14.1. The third-order valence-electron chi connectivity index (χ3n) is 11.3. The monoisotopic (exact) mass is 703 g/mol. The van der Waals surface area contributed by atoms with Crippen molar-refractivity contribution in [3.8, 4) is 39.7 Å². The van der Waals surface area contributed by atoms with Crippen LogP contribution in [0.3, 0.4) is 0 Å². The number of thiophene rings is 1. The Balaban J connectivity index is 1.23. The van der Waals surface area contributed by atoms with Gasteiger partial charge >= 0.3 is 0 Å². The number of fused-ring (bicyclic) bond motifs is 14. The van der Waals surface area contributed by atoms with E-state index < -0.39 is 0 Å². The molecule has 0 aliphatic heterocycles. The topological polar surface area (TPSA) is 56.5 Å². The molecular weight excluding hydrogens is 679 g/mol. The van der Waals surface area contributed by atoms with Gasteiger partial charge in [-0.05, 0) is 57.3 Å². The smallest absolute Gasteiger partial charge is 0.235 e. The molecule has 0 unspecified atom stereocenters. The Labute approximate surface area is 311 Å². The van der Waals surface area contributed by atoms with Gasteiger partial charge in [0.1, 0.15) is 0 Å². The minimum Gasteiger partial charge on any atom is -0.278 e. The van der Waals surface area contributed by atoms with Crippen LogP contribution in [0.2, 0.25) is 0 Å². The first-order valence-corrected chi connectivity index (χ1v) is 19.0. The highest BCUT2D eigenvalue weighted by molar-refractivity contribution is 7.26. The number of hydrogen-bond donors (Lipinski definition) is 0. The van der Waals surface area contributed by atoms with Crippen molar-refractivity contribution in [2.45, 2.75) is 0 Å². The second kappa shape index (κ2) is 10.3. The average Bonchev–Trinajstić information content (AvgIpc) is 3.88. The SMILES string of the molecule is c1ccc2c(-c3nc(-n4c5ccc6ccccc6c5c5c6cccc7c6c(cc54)-c4nc5ccccc5nc4-7)nc4c3sc3ccccc34)cccc2c1. The predicted octanol–water partition coefficient (Wildman–Crippen LogP) is 12.7. The molecule has 1 aliphatic carbocycles. The van der Waals surface area contributed by atoms with Crippen molar-refractivity contribution in [2.24, 2.45) is 0 Å². The summed E-state index contributed by atoms with van der Waals surface area (Å²) in [6, 6.07) is 54.0. The first-order chi connectivity index (χ1) is 26.8. The Bertz CT molecular complexity index is 3630. The summed E-state index contributed by atoms with van der Waals surface area (Å²) in [5.74, 6) is 0.648. The molecule has 0 bridgehead atoms. The summed E-state index contributed by atoms with van der Waals surface area (Å²) in [5, 5.41) is 10.6. The van der Waals surface area contributed by atoms with Crippen LogP contribution in [0.1, 0.15) is 0 Å². The van der Waals surface area contributed by atoms with Crippen LogP contribution in [0.15, 0.2) is 152 Å². The molecule has 8 aromatic carbocycles. The van der Waals surface area contributed by atoms with Gasteiger partial charge < -0.3 is 0 Å². The minimum absolute atomic E-state index is 0.648. The maximum Gasteiger partial charge on any atom is 0.235 e. The summed E-state index contributed by atoms with van der Waals surface area (Å²) in [5.41, 5.74) is 11.0. The third kappa shape index (κ3) is 3.67.